The van der Waals surface area contributed by atoms with Crippen LogP contribution in [0.5, 0.6) is 0 Å². The van der Waals surface area contributed by atoms with Crippen molar-refractivity contribution in [2.75, 3.05) is 23.3 Å². The molecular formula is C20H24N2O3S. The highest BCUT2D eigenvalue weighted by molar-refractivity contribution is 7.13. The number of nitrogens with one attached hydrogen (secondary N) is 1. The van der Waals surface area contributed by atoms with E-state index in [1.807, 2.05) is 37.3 Å². The molecular weight excluding hydrogens is 348 g/mol. The average molecular weight is 372 g/mol. The highest BCUT2D eigenvalue weighted by atomic mass is 32.1. The average Bonchev–Trinajstić information content (AvgIpc) is 3.09. The first kappa shape index (κ1) is 18.5. The summed E-state index contributed by atoms with van der Waals surface area (Å²) in [7, 11) is 0. The molecule has 6 heteroatoms. The SMILES string of the molecule is Cc1ccc(C(=O)O[C@@H](C)C(=O)Nc2ccc(N3CCCCC3)cc2)s1. The minimum Gasteiger partial charge on any atom is -0.448 e. The van der Waals surface area contributed by atoms with Crippen LogP contribution in [0.3, 0.4) is 0 Å². The Morgan fingerprint density at radius 1 is 1.08 bits per heavy atom. The largest absolute Gasteiger partial charge is 0.448 e. The van der Waals surface area contributed by atoms with Crippen LogP contribution in [-0.2, 0) is 9.53 Å². The molecule has 2 aromatic rings. The zero-order valence-electron chi connectivity index (χ0n) is 15.2. The number of ether oxygens (including phenoxy) is 1. The Morgan fingerprint density at radius 3 is 2.38 bits per heavy atom. The topological polar surface area (TPSA) is 58.6 Å². The molecule has 5 nitrogen and oxygen atoms in total. The first-order chi connectivity index (χ1) is 12.5. The van der Waals surface area contributed by atoms with Gasteiger partial charge in [-0.3, -0.25) is 4.79 Å². The van der Waals surface area contributed by atoms with Crippen molar-refractivity contribution < 1.29 is 14.3 Å². The van der Waals surface area contributed by atoms with Crippen molar-refractivity contribution in [2.45, 2.75) is 39.2 Å². The summed E-state index contributed by atoms with van der Waals surface area (Å²) in [6, 6.07) is 11.4. The number of nitrogens with zero attached hydrogens (tertiary/aromatic N) is 1. The summed E-state index contributed by atoms with van der Waals surface area (Å²) in [5, 5.41) is 2.80. The molecule has 1 atom stereocenters. The molecule has 138 valence electrons. The molecule has 1 aliphatic rings. The fraction of sp³-hybridized carbons (Fsp3) is 0.400. The second-order valence-corrected chi connectivity index (χ2v) is 7.83. The number of benzene rings is 1. The summed E-state index contributed by atoms with van der Waals surface area (Å²) in [4.78, 5) is 28.2. The maximum Gasteiger partial charge on any atom is 0.349 e. The molecule has 0 spiro atoms. The van der Waals surface area contributed by atoms with E-state index in [0.717, 1.165) is 18.0 Å². The number of carbonyl (C=O) groups excluding carboxylic acids is 2. The predicted molar refractivity (Wildman–Crippen MR) is 105 cm³/mol. The molecule has 0 bridgehead atoms. The van der Waals surface area contributed by atoms with Crippen LogP contribution in [0.15, 0.2) is 36.4 Å². The van der Waals surface area contributed by atoms with E-state index in [0.29, 0.717) is 10.6 Å². The molecule has 1 fully saturated rings. The van der Waals surface area contributed by atoms with Gasteiger partial charge >= 0.3 is 5.97 Å². The molecule has 1 N–H and O–H groups in total. The van der Waals surface area contributed by atoms with Crippen LogP contribution in [-0.4, -0.2) is 31.1 Å². The molecule has 1 saturated heterocycles. The van der Waals surface area contributed by atoms with Crippen molar-refractivity contribution in [3.05, 3.63) is 46.2 Å². The number of piperidine rings is 1. The maximum absolute atomic E-state index is 12.3. The monoisotopic (exact) mass is 372 g/mol. The zero-order valence-corrected chi connectivity index (χ0v) is 16.0. The van der Waals surface area contributed by atoms with Crippen LogP contribution in [0.25, 0.3) is 0 Å². The lowest BCUT2D eigenvalue weighted by Crippen LogP contribution is -2.30. The van der Waals surface area contributed by atoms with Gasteiger partial charge in [-0.15, -0.1) is 11.3 Å². The van der Waals surface area contributed by atoms with Crippen LogP contribution in [0.1, 0.15) is 40.7 Å². The van der Waals surface area contributed by atoms with Crippen molar-refractivity contribution in [1.29, 1.82) is 0 Å². The van der Waals surface area contributed by atoms with Gasteiger partial charge in [-0.1, -0.05) is 0 Å². The molecule has 1 amide bonds. The lowest BCUT2D eigenvalue weighted by atomic mass is 10.1. The first-order valence-corrected chi connectivity index (χ1v) is 9.78. The Balaban J connectivity index is 1.54. The molecule has 1 aromatic heterocycles. The Labute approximate surface area is 158 Å². The van der Waals surface area contributed by atoms with Crippen LogP contribution >= 0.6 is 11.3 Å². The molecule has 0 unspecified atom stereocenters. The molecule has 2 heterocycles. The molecule has 0 radical (unpaired) electrons. The smallest absolute Gasteiger partial charge is 0.349 e. The Morgan fingerprint density at radius 2 is 1.77 bits per heavy atom. The van der Waals surface area contributed by atoms with Gasteiger partial charge in [0.15, 0.2) is 6.10 Å². The summed E-state index contributed by atoms with van der Waals surface area (Å²) >= 11 is 1.36. The number of aryl methyl sites for hydroxylation is 1. The highest BCUT2D eigenvalue weighted by Gasteiger charge is 2.20. The van der Waals surface area contributed by atoms with E-state index in [4.69, 9.17) is 4.74 Å². The van der Waals surface area contributed by atoms with E-state index in [1.54, 1.807) is 13.0 Å². The van der Waals surface area contributed by atoms with Gasteiger partial charge in [-0.05, 0) is 69.5 Å². The van der Waals surface area contributed by atoms with Gasteiger partial charge in [0, 0.05) is 29.3 Å². The van der Waals surface area contributed by atoms with Crippen molar-refractivity contribution in [3.63, 3.8) is 0 Å². The number of esters is 1. The normalized spacial score (nSPS) is 15.4. The predicted octanol–water partition coefficient (Wildman–Crippen LogP) is 4.23. The van der Waals surface area contributed by atoms with Crippen LogP contribution in [0, 0.1) is 6.92 Å². The Hall–Kier alpha value is -2.34. The minimum atomic E-state index is -0.855. The molecule has 0 aliphatic carbocycles. The first-order valence-electron chi connectivity index (χ1n) is 8.96. The third-order valence-electron chi connectivity index (χ3n) is 4.45. The summed E-state index contributed by atoms with van der Waals surface area (Å²) in [6.45, 7) is 5.67. The number of hydrogen-bond acceptors (Lipinski definition) is 5. The fourth-order valence-corrected chi connectivity index (χ4v) is 3.72. The molecule has 1 aliphatic heterocycles. The molecule has 26 heavy (non-hydrogen) atoms. The number of anilines is 2. The number of rotatable bonds is 5. The van der Waals surface area contributed by atoms with Crippen molar-refractivity contribution in [2.24, 2.45) is 0 Å². The Bertz CT molecular complexity index is 764. The minimum absolute atomic E-state index is 0.336. The van der Waals surface area contributed by atoms with E-state index in [-0.39, 0.29) is 5.91 Å². The summed E-state index contributed by atoms with van der Waals surface area (Å²) in [5.41, 5.74) is 1.88. The van der Waals surface area contributed by atoms with Crippen molar-refractivity contribution in [1.82, 2.24) is 0 Å². The fourth-order valence-electron chi connectivity index (χ4n) is 2.97. The Kier molecular flexibility index (Phi) is 5.93. The second kappa shape index (κ2) is 8.36. The van der Waals surface area contributed by atoms with Gasteiger partial charge in [-0.2, -0.15) is 0 Å². The standard InChI is InChI=1S/C20H24N2O3S/c1-14-6-11-18(26-14)20(24)25-15(2)19(23)21-16-7-9-17(10-8-16)22-12-4-3-5-13-22/h6-11,15H,3-5,12-13H2,1-2H3,(H,21,23)/t15-/m0/s1. The van der Waals surface area contributed by atoms with Gasteiger partial charge in [0.25, 0.3) is 5.91 Å². The number of carbonyl (C=O) groups is 2. The third kappa shape index (κ3) is 4.64. The van der Waals surface area contributed by atoms with E-state index < -0.39 is 12.1 Å². The molecule has 0 saturated carbocycles. The van der Waals surface area contributed by atoms with Crippen molar-refractivity contribution >= 4 is 34.6 Å². The van der Waals surface area contributed by atoms with Crippen LogP contribution in [0.2, 0.25) is 0 Å². The van der Waals surface area contributed by atoms with Crippen LogP contribution < -0.4 is 10.2 Å². The molecule has 1 aromatic carbocycles. The number of amides is 1. The lowest BCUT2D eigenvalue weighted by Gasteiger charge is -2.28. The molecule has 3 rings (SSSR count). The van der Waals surface area contributed by atoms with Gasteiger partial charge < -0.3 is 15.0 Å². The summed E-state index contributed by atoms with van der Waals surface area (Å²) < 4.78 is 5.25. The van der Waals surface area contributed by atoms with E-state index >= 15 is 0 Å². The van der Waals surface area contributed by atoms with Crippen LogP contribution in [0.4, 0.5) is 11.4 Å². The van der Waals surface area contributed by atoms with Gasteiger partial charge in [0.2, 0.25) is 0 Å². The highest BCUT2D eigenvalue weighted by Crippen LogP contribution is 2.22. The number of hydrogen-bond donors (Lipinski definition) is 1. The number of thiophene rings is 1. The second-order valence-electron chi connectivity index (χ2n) is 6.54. The van der Waals surface area contributed by atoms with E-state index in [2.05, 4.69) is 10.2 Å². The zero-order chi connectivity index (χ0) is 18.5. The van der Waals surface area contributed by atoms with E-state index in [9.17, 15) is 9.59 Å². The third-order valence-corrected chi connectivity index (χ3v) is 5.43. The summed E-state index contributed by atoms with van der Waals surface area (Å²) in [5.74, 6) is -0.802. The quantitative estimate of drug-likeness (QED) is 0.798. The van der Waals surface area contributed by atoms with E-state index in [1.165, 1.54) is 36.3 Å². The van der Waals surface area contributed by atoms with Crippen molar-refractivity contribution in [3.8, 4) is 0 Å². The van der Waals surface area contributed by atoms with Gasteiger partial charge in [0.1, 0.15) is 4.88 Å². The summed E-state index contributed by atoms with van der Waals surface area (Å²) in [6.07, 6.45) is 2.90. The maximum atomic E-state index is 12.3. The van der Waals surface area contributed by atoms with Gasteiger partial charge in [-0.25, -0.2) is 4.79 Å². The lowest BCUT2D eigenvalue weighted by molar-refractivity contribution is -0.123. The van der Waals surface area contributed by atoms with Gasteiger partial charge in [0.05, 0.1) is 0 Å².